The summed E-state index contributed by atoms with van der Waals surface area (Å²) in [5.74, 6) is -1.72. The molecule has 3 aromatic rings. The van der Waals surface area contributed by atoms with Crippen LogP contribution < -0.4 is 4.74 Å². The molecule has 1 amide bonds. The average Bonchev–Trinajstić information content (AvgIpc) is 3.08. The second kappa shape index (κ2) is 9.25. The molecule has 2 aromatic carbocycles. The van der Waals surface area contributed by atoms with E-state index in [2.05, 4.69) is 4.98 Å². The highest BCUT2D eigenvalue weighted by atomic mass is 19.4. The number of Topliss-reactive ketones (excluding diaryl/α,β-unsaturated/α-hetero) is 1. The van der Waals surface area contributed by atoms with Gasteiger partial charge in [0.1, 0.15) is 17.6 Å². The van der Waals surface area contributed by atoms with Gasteiger partial charge in [0.2, 0.25) is 0 Å². The Hall–Kier alpha value is -4.14. The van der Waals surface area contributed by atoms with Crippen LogP contribution in [0, 0.1) is 6.92 Å². The Morgan fingerprint density at radius 3 is 2.49 bits per heavy atom. The first-order valence-electron chi connectivity index (χ1n) is 10.6. The molecule has 1 N–H and O–H groups in total. The minimum atomic E-state index is -4.56. The number of amides is 1. The number of nitrogens with zero attached hydrogens (tertiary/aromatic N) is 2. The highest BCUT2D eigenvalue weighted by Gasteiger charge is 2.47. The van der Waals surface area contributed by atoms with Crippen molar-refractivity contribution in [1.82, 2.24) is 9.88 Å². The Labute approximate surface area is 199 Å². The van der Waals surface area contributed by atoms with Crippen molar-refractivity contribution in [3.63, 3.8) is 0 Å². The summed E-state index contributed by atoms with van der Waals surface area (Å²) in [6, 6.07) is 13.1. The summed E-state index contributed by atoms with van der Waals surface area (Å²) in [7, 11) is 1.50. The van der Waals surface area contributed by atoms with Crippen LogP contribution in [0.2, 0.25) is 0 Å². The van der Waals surface area contributed by atoms with Crippen LogP contribution in [0.4, 0.5) is 13.2 Å². The number of aliphatic hydroxyl groups is 1. The molecule has 1 fully saturated rings. The molecule has 0 bridgehead atoms. The Morgan fingerprint density at radius 1 is 1.09 bits per heavy atom. The standard InChI is InChI=1S/C26H21F3N2O4/c1-15-12-17(9-10-20(15)35-2)23(32)21-22(19-8-3-4-11-30-19)31(25(34)24(21)33)14-16-6-5-7-18(13-16)26(27,28)29/h3-13,22,32H,14H2,1-2H3/b23-21+. The monoisotopic (exact) mass is 482 g/mol. The van der Waals surface area contributed by atoms with E-state index in [1.807, 2.05) is 0 Å². The van der Waals surface area contributed by atoms with Crippen LogP contribution in [0.1, 0.15) is 34.0 Å². The van der Waals surface area contributed by atoms with Crippen LogP contribution in [0.5, 0.6) is 5.75 Å². The molecule has 0 saturated carbocycles. The largest absolute Gasteiger partial charge is 0.507 e. The number of aliphatic hydroxyl groups excluding tert-OH is 1. The van der Waals surface area contributed by atoms with Crippen LogP contribution >= 0.6 is 0 Å². The SMILES string of the molecule is COc1ccc(/C(O)=C2\C(=O)C(=O)N(Cc3cccc(C(F)(F)F)c3)C2c2ccccn2)cc1C. The molecule has 2 heterocycles. The van der Waals surface area contributed by atoms with E-state index < -0.39 is 35.2 Å². The molecule has 1 aromatic heterocycles. The summed E-state index contributed by atoms with van der Waals surface area (Å²) in [5.41, 5.74) is 0.416. The van der Waals surface area contributed by atoms with E-state index in [1.54, 1.807) is 43.3 Å². The molecule has 35 heavy (non-hydrogen) atoms. The van der Waals surface area contributed by atoms with Crippen molar-refractivity contribution < 1.29 is 32.6 Å². The smallest absolute Gasteiger partial charge is 0.416 e. The quantitative estimate of drug-likeness (QED) is 0.313. The number of halogens is 3. The van der Waals surface area contributed by atoms with Gasteiger partial charge in [0.05, 0.1) is 23.9 Å². The number of likely N-dealkylation sites (tertiary alicyclic amines) is 1. The molecule has 4 rings (SSSR count). The van der Waals surface area contributed by atoms with Crippen molar-refractivity contribution in [3.05, 3.63) is 100 Å². The number of benzene rings is 2. The van der Waals surface area contributed by atoms with E-state index in [0.29, 0.717) is 22.6 Å². The van der Waals surface area contributed by atoms with Gasteiger partial charge in [-0.2, -0.15) is 13.2 Å². The number of methoxy groups -OCH3 is 1. The second-order valence-corrected chi connectivity index (χ2v) is 8.06. The molecular formula is C26H21F3N2O4. The van der Waals surface area contributed by atoms with Gasteiger partial charge in [-0.25, -0.2) is 0 Å². The first-order valence-corrected chi connectivity index (χ1v) is 10.6. The van der Waals surface area contributed by atoms with Crippen molar-refractivity contribution in [2.24, 2.45) is 0 Å². The van der Waals surface area contributed by atoms with E-state index in [9.17, 15) is 27.9 Å². The molecule has 0 spiro atoms. The van der Waals surface area contributed by atoms with Gasteiger partial charge in [-0.1, -0.05) is 18.2 Å². The fourth-order valence-electron chi connectivity index (χ4n) is 4.11. The van der Waals surface area contributed by atoms with Crippen molar-refractivity contribution in [1.29, 1.82) is 0 Å². The highest BCUT2D eigenvalue weighted by Crippen LogP contribution is 2.40. The number of rotatable bonds is 5. The van der Waals surface area contributed by atoms with Crippen molar-refractivity contribution >= 4 is 17.4 Å². The summed E-state index contributed by atoms with van der Waals surface area (Å²) >= 11 is 0. The summed E-state index contributed by atoms with van der Waals surface area (Å²) in [6.07, 6.45) is -3.09. The van der Waals surface area contributed by atoms with Crippen LogP contribution in [-0.4, -0.2) is 33.8 Å². The summed E-state index contributed by atoms with van der Waals surface area (Å²) in [6.45, 7) is 1.48. The lowest BCUT2D eigenvalue weighted by Crippen LogP contribution is -2.29. The summed E-state index contributed by atoms with van der Waals surface area (Å²) in [4.78, 5) is 31.5. The van der Waals surface area contributed by atoms with Gasteiger partial charge in [0, 0.05) is 18.3 Å². The summed E-state index contributed by atoms with van der Waals surface area (Å²) < 4.78 is 44.9. The molecule has 1 aliphatic heterocycles. The molecule has 1 saturated heterocycles. The van der Waals surface area contributed by atoms with Crippen molar-refractivity contribution in [2.45, 2.75) is 25.7 Å². The van der Waals surface area contributed by atoms with Gasteiger partial charge in [0.25, 0.3) is 11.7 Å². The third-order valence-corrected chi connectivity index (χ3v) is 5.78. The summed E-state index contributed by atoms with van der Waals surface area (Å²) in [5, 5.41) is 11.1. The van der Waals surface area contributed by atoms with Crippen LogP contribution in [0.15, 0.2) is 72.4 Å². The molecule has 1 atom stereocenters. The Morgan fingerprint density at radius 2 is 1.86 bits per heavy atom. The molecular weight excluding hydrogens is 461 g/mol. The molecule has 1 unspecified atom stereocenters. The van der Waals surface area contributed by atoms with Gasteiger partial charge < -0.3 is 14.7 Å². The molecule has 6 nitrogen and oxygen atoms in total. The zero-order valence-corrected chi connectivity index (χ0v) is 18.8. The number of aryl methyl sites for hydroxylation is 1. The molecule has 0 radical (unpaired) electrons. The average molecular weight is 482 g/mol. The lowest BCUT2D eigenvalue weighted by Gasteiger charge is -2.25. The normalized spacial score (nSPS) is 17.6. The third kappa shape index (κ3) is 4.62. The zero-order chi connectivity index (χ0) is 25.3. The van der Waals surface area contributed by atoms with E-state index in [-0.39, 0.29) is 17.7 Å². The zero-order valence-electron chi connectivity index (χ0n) is 18.8. The molecule has 1 aliphatic rings. The van der Waals surface area contributed by atoms with E-state index in [4.69, 9.17) is 4.74 Å². The lowest BCUT2D eigenvalue weighted by atomic mass is 9.97. The Balaban J connectivity index is 1.83. The first kappa shape index (κ1) is 24.0. The Kier molecular flexibility index (Phi) is 6.34. The third-order valence-electron chi connectivity index (χ3n) is 5.78. The minimum absolute atomic E-state index is 0.183. The van der Waals surface area contributed by atoms with Crippen molar-refractivity contribution in [3.8, 4) is 5.75 Å². The number of ether oxygens (including phenoxy) is 1. The number of carbonyl (C=O) groups is 2. The van der Waals surface area contributed by atoms with Gasteiger partial charge in [-0.05, 0) is 60.5 Å². The maximum atomic E-state index is 13.2. The fraction of sp³-hybridized carbons (Fsp3) is 0.192. The minimum Gasteiger partial charge on any atom is -0.507 e. The van der Waals surface area contributed by atoms with Gasteiger partial charge in [-0.3, -0.25) is 14.6 Å². The molecule has 9 heteroatoms. The number of ketones is 1. The van der Waals surface area contributed by atoms with E-state index in [0.717, 1.165) is 17.0 Å². The van der Waals surface area contributed by atoms with E-state index in [1.165, 1.54) is 25.4 Å². The van der Waals surface area contributed by atoms with Gasteiger partial charge >= 0.3 is 6.18 Å². The molecule has 180 valence electrons. The lowest BCUT2D eigenvalue weighted by molar-refractivity contribution is -0.140. The maximum Gasteiger partial charge on any atom is 0.416 e. The predicted molar refractivity (Wildman–Crippen MR) is 121 cm³/mol. The van der Waals surface area contributed by atoms with Crippen LogP contribution in [0.3, 0.4) is 0 Å². The predicted octanol–water partition coefficient (Wildman–Crippen LogP) is 5.04. The number of carbonyl (C=O) groups excluding carboxylic acids is 2. The second-order valence-electron chi connectivity index (χ2n) is 8.06. The maximum absolute atomic E-state index is 13.2. The van der Waals surface area contributed by atoms with Crippen LogP contribution in [-0.2, 0) is 22.3 Å². The number of pyridine rings is 1. The number of hydrogen-bond donors (Lipinski definition) is 1. The van der Waals surface area contributed by atoms with Crippen molar-refractivity contribution in [2.75, 3.05) is 7.11 Å². The number of alkyl halides is 3. The van der Waals surface area contributed by atoms with Gasteiger partial charge in [0.15, 0.2) is 0 Å². The first-order chi connectivity index (χ1) is 16.6. The number of aromatic nitrogens is 1. The van der Waals surface area contributed by atoms with Gasteiger partial charge in [-0.15, -0.1) is 0 Å². The van der Waals surface area contributed by atoms with Crippen LogP contribution in [0.25, 0.3) is 5.76 Å². The topological polar surface area (TPSA) is 79.7 Å². The Bertz CT molecular complexity index is 1320. The highest BCUT2D eigenvalue weighted by molar-refractivity contribution is 6.46. The number of hydrogen-bond acceptors (Lipinski definition) is 5. The van der Waals surface area contributed by atoms with E-state index >= 15 is 0 Å². The molecule has 0 aliphatic carbocycles. The fourth-order valence-corrected chi connectivity index (χ4v) is 4.11.